The Labute approximate surface area is 157 Å². The molecule has 0 unspecified atom stereocenters. The summed E-state index contributed by atoms with van der Waals surface area (Å²) in [6.07, 6.45) is 2.81. The van der Waals surface area contributed by atoms with Gasteiger partial charge in [0.2, 0.25) is 5.91 Å². The monoisotopic (exact) mass is 376 g/mol. The first kappa shape index (κ1) is 18.1. The number of morpholine rings is 1. The molecule has 2 saturated heterocycles. The smallest absolute Gasteiger partial charge is 0.266 e. The van der Waals surface area contributed by atoms with Crippen LogP contribution in [0, 0.1) is 0 Å². The van der Waals surface area contributed by atoms with Crippen LogP contribution in [-0.4, -0.2) is 58.8 Å². The maximum absolute atomic E-state index is 12.6. The van der Waals surface area contributed by atoms with Gasteiger partial charge in [0.1, 0.15) is 10.9 Å². The number of rotatable bonds is 4. The fourth-order valence-electron chi connectivity index (χ4n) is 2.69. The molecule has 0 aliphatic carbocycles. The Morgan fingerprint density at radius 3 is 2.60 bits per heavy atom. The largest absolute Gasteiger partial charge is 0.378 e. The lowest BCUT2D eigenvalue weighted by atomic mass is 10.1. The van der Waals surface area contributed by atoms with Crippen LogP contribution in [0.25, 0.3) is 6.08 Å². The minimum absolute atomic E-state index is 0.00320. The van der Waals surface area contributed by atoms with Crippen LogP contribution < -0.4 is 0 Å². The number of carbonyl (C=O) groups is 2. The van der Waals surface area contributed by atoms with Crippen LogP contribution in [0.3, 0.4) is 0 Å². The number of hydrogen-bond acceptors (Lipinski definition) is 5. The number of carbonyl (C=O) groups excluding carboxylic acids is 2. The van der Waals surface area contributed by atoms with Gasteiger partial charge in [0.25, 0.3) is 5.91 Å². The van der Waals surface area contributed by atoms with Crippen molar-refractivity contribution < 1.29 is 14.3 Å². The molecule has 2 fully saturated rings. The predicted molar refractivity (Wildman–Crippen MR) is 103 cm³/mol. The van der Waals surface area contributed by atoms with E-state index in [0.29, 0.717) is 35.5 Å². The molecule has 2 heterocycles. The Hall–Kier alpha value is -1.70. The standard InChI is InChI=1S/C18H20N2O3S2/c1-2-13-3-5-14(6-4-13)11-15-17(22)20(18(24)25-15)12-16(21)19-7-9-23-10-8-19/h3-6,11H,2,7-10,12H2,1H3/b15-11-. The van der Waals surface area contributed by atoms with Gasteiger partial charge in [-0.05, 0) is 23.6 Å². The summed E-state index contributed by atoms with van der Waals surface area (Å²) in [6, 6.07) is 8.08. The van der Waals surface area contributed by atoms with Crippen LogP contribution in [-0.2, 0) is 20.7 Å². The molecular weight excluding hydrogens is 356 g/mol. The number of hydrogen-bond donors (Lipinski definition) is 0. The van der Waals surface area contributed by atoms with E-state index >= 15 is 0 Å². The summed E-state index contributed by atoms with van der Waals surface area (Å²) in [5, 5.41) is 0. The average Bonchev–Trinajstić information content (AvgIpc) is 2.90. The highest BCUT2D eigenvalue weighted by Crippen LogP contribution is 2.32. The molecule has 0 radical (unpaired) electrons. The highest BCUT2D eigenvalue weighted by Gasteiger charge is 2.34. The third-order valence-electron chi connectivity index (χ3n) is 4.22. The van der Waals surface area contributed by atoms with E-state index in [-0.39, 0.29) is 18.4 Å². The summed E-state index contributed by atoms with van der Waals surface area (Å²) in [5.74, 6) is -0.288. The molecule has 0 aromatic heterocycles. The molecule has 3 rings (SSSR count). The summed E-state index contributed by atoms with van der Waals surface area (Å²) in [4.78, 5) is 28.7. The van der Waals surface area contributed by atoms with Crippen molar-refractivity contribution >= 4 is 46.2 Å². The number of aryl methyl sites for hydroxylation is 1. The highest BCUT2D eigenvalue weighted by molar-refractivity contribution is 8.26. The minimum Gasteiger partial charge on any atom is -0.378 e. The first-order valence-electron chi connectivity index (χ1n) is 8.28. The number of amides is 2. The average molecular weight is 377 g/mol. The molecule has 1 aromatic carbocycles. The number of thiocarbonyl (C=S) groups is 1. The molecular formula is C18H20N2O3S2. The fraction of sp³-hybridized carbons (Fsp3) is 0.389. The molecule has 0 atom stereocenters. The Kier molecular flexibility index (Phi) is 5.88. The number of ether oxygens (including phenoxy) is 1. The molecule has 0 spiro atoms. The van der Waals surface area contributed by atoms with E-state index in [1.807, 2.05) is 18.2 Å². The van der Waals surface area contributed by atoms with Gasteiger partial charge in [0.15, 0.2) is 0 Å². The Morgan fingerprint density at radius 2 is 1.96 bits per heavy atom. The summed E-state index contributed by atoms with van der Waals surface area (Å²) < 4.78 is 5.68. The van der Waals surface area contributed by atoms with Crippen molar-refractivity contribution in [3.05, 3.63) is 40.3 Å². The normalized spacial score (nSPS) is 19.8. The van der Waals surface area contributed by atoms with Crippen molar-refractivity contribution in [1.29, 1.82) is 0 Å². The van der Waals surface area contributed by atoms with Gasteiger partial charge in [-0.25, -0.2) is 0 Å². The zero-order valence-electron chi connectivity index (χ0n) is 14.1. The van der Waals surface area contributed by atoms with Crippen LogP contribution in [0.1, 0.15) is 18.1 Å². The molecule has 0 bridgehead atoms. The van der Waals surface area contributed by atoms with Crippen molar-refractivity contribution in [1.82, 2.24) is 9.80 Å². The summed E-state index contributed by atoms with van der Waals surface area (Å²) >= 11 is 6.55. The fourth-order valence-corrected chi connectivity index (χ4v) is 3.94. The topological polar surface area (TPSA) is 49.9 Å². The summed E-state index contributed by atoms with van der Waals surface area (Å²) in [5.41, 5.74) is 2.21. The van der Waals surface area contributed by atoms with E-state index in [1.54, 1.807) is 4.90 Å². The lowest BCUT2D eigenvalue weighted by molar-refractivity contribution is -0.138. The summed E-state index contributed by atoms with van der Waals surface area (Å²) in [7, 11) is 0. The van der Waals surface area contributed by atoms with Crippen molar-refractivity contribution in [2.45, 2.75) is 13.3 Å². The zero-order valence-corrected chi connectivity index (χ0v) is 15.7. The molecule has 1 aromatic rings. The van der Waals surface area contributed by atoms with Crippen molar-refractivity contribution in [3.8, 4) is 0 Å². The first-order chi connectivity index (χ1) is 12.1. The molecule has 2 amide bonds. The van der Waals surface area contributed by atoms with Crippen LogP contribution in [0.5, 0.6) is 0 Å². The third kappa shape index (κ3) is 4.29. The van der Waals surface area contributed by atoms with Crippen LogP contribution in [0.15, 0.2) is 29.2 Å². The molecule has 2 aliphatic heterocycles. The molecule has 5 nitrogen and oxygen atoms in total. The van der Waals surface area contributed by atoms with Crippen molar-refractivity contribution in [2.75, 3.05) is 32.8 Å². The van der Waals surface area contributed by atoms with Gasteiger partial charge in [-0.3, -0.25) is 14.5 Å². The van der Waals surface area contributed by atoms with E-state index in [1.165, 1.54) is 22.2 Å². The molecule has 132 valence electrons. The van der Waals surface area contributed by atoms with Gasteiger partial charge < -0.3 is 9.64 Å². The molecule has 25 heavy (non-hydrogen) atoms. The van der Waals surface area contributed by atoms with Crippen LogP contribution in [0.2, 0.25) is 0 Å². The zero-order chi connectivity index (χ0) is 17.8. The second-order valence-corrected chi connectivity index (χ2v) is 7.53. The lowest BCUT2D eigenvalue weighted by Crippen LogP contribution is -2.46. The third-order valence-corrected chi connectivity index (χ3v) is 5.59. The van der Waals surface area contributed by atoms with Gasteiger partial charge in [-0.2, -0.15) is 0 Å². The Bertz CT molecular complexity index is 710. The van der Waals surface area contributed by atoms with E-state index in [9.17, 15) is 9.59 Å². The van der Waals surface area contributed by atoms with Gasteiger partial charge in [-0.1, -0.05) is 55.2 Å². The lowest BCUT2D eigenvalue weighted by Gasteiger charge is -2.28. The number of thioether (sulfide) groups is 1. The molecule has 0 saturated carbocycles. The quantitative estimate of drug-likeness (QED) is 0.596. The van der Waals surface area contributed by atoms with Crippen LogP contribution in [0.4, 0.5) is 0 Å². The van der Waals surface area contributed by atoms with E-state index in [2.05, 4.69) is 19.1 Å². The van der Waals surface area contributed by atoms with E-state index in [0.717, 1.165) is 12.0 Å². The Balaban J connectivity index is 1.68. The summed E-state index contributed by atoms with van der Waals surface area (Å²) in [6.45, 7) is 4.30. The number of benzene rings is 1. The molecule has 0 N–H and O–H groups in total. The van der Waals surface area contributed by atoms with E-state index in [4.69, 9.17) is 17.0 Å². The SMILES string of the molecule is CCc1ccc(/C=C2\SC(=S)N(CC(=O)N3CCOCC3)C2=O)cc1. The van der Waals surface area contributed by atoms with E-state index < -0.39 is 0 Å². The second-order valence-electron chi connectivity index (χ2n) is 5.86. The first-order valence-corrected chi connectivity index (χ1v) is 9.51. The maximum Gasteiger partial charge on any atom is 0.266 e. The predicted octanol–water partition coefficient (Wildman–Crippen LogP) is 2.31. The highest BCUT2D eigenvalue weighted by atomic mass is 32.2. The molecule has 7 heteroatoms. The maximum atomic E-state index is 12.6. The molecule has 2 aliphatic rings. The van der Waals surface area contributed by atoms with Crippen molar-refractivity contribution in [3.63, 3.8) is 0 Å². The van der Waals surface area contributed by atoms with Gasteiger partial charge in [0, 0.05) is 13.1 Å². The van der Waals surface area contributed by atoms with Gasteiger partial charge >= 0.3 is 0 Å². The van der Waals surface area contributed by atoms with Crippen molar-refractivity contribution in [2.24, 2.45) is 0 Å². The van der Waals surface area contributed by atoms with Crippen LogP contribution >= 0.6 is 24.0 Å². The number of nitrogens with zero attached hydrogens (tertiary/aromatic N) is 2. The second kappa shape index (κ2) is 8.12. The minimum atomic E-state index is -0.198. The van der Waals surface area contributed by atoms with Gasteiger partial charge in [0.05, 0.1) is 18.1 Å². The van der Waals surface area contributed by atoms with Gasteiger partial charge in [-0.15, -0.1) is 0 Å². The Morgan fingerprint density at radius 1 is 1.28 bits per heavy atom.